The van der Waals surface area contributed by atoms with Gasteiger partial charge in [-0.2, -0.15) is 5.10 Å². The molecular formula is C20H21BrN2O3. The summed E-state index contributed by atoms with van der Waals surface area (Å²) in [6.45, 7) is 3.91. The zero-order valence-electron chi connectivity index (χ0n) is 14.8. The second-order valence-corrected chi connectivity index (χ2v) is 8.13. The quantitative estimate of drug-likeness (QED) is 0.757. The van der Waals surface area contributed by atoms with E-state index in [-0.39, 0.29) is 23.7 Å². The Labute approximate surface area is 160 Å². The predicted molar refractivity (Wildman–Crippen MR) is 105 cm³/mol. The van der Waals surface area contributed by atoms with Crippen LogP contribution in [0.2, 0.25) is 0 Å². The Bertz CT molecular complexity index is 890. The number of carbonyl (C=O) groups excluding carboxylic acids is 2. The van der Waals surface area contributed by atoms with Crippen LogP contribution in [0.25, 0.3) is 10.8 Å². The summed E-state index contributed by atoms with van der Waals surface area (Å²) in [6.07, 6.45) is 1.57. The standard InChI is InChI=1S/C20H21BrN2O3/c1-20(2)10-14(9-15(24)11-20)22-23-18(25)12-26-17-8-7-13-5-3-4-6-16(13)19(17)21/h3-8H,9-12H2,1-2H3,(H,23,25)/b22-14+. The minimum absolute atomic E-state index is 0.106. The molecule has 5 nitrogen and oxygen atoms in total. The molecule has 0 saturated heterocycles. The van der Waals surface area contributed by atoms with E-state index < -0.39 is 0 Å². The van der Waals surface area contributed by atoms with Gasteiger partial charge in [0.15, 0.2) is 6.61 Å². The molecule has 1 fully saturated rings. The van der Waals surface area contributed by atoms with Crippen LogP contribution in [-0.2, 0) is 9.59 Å². The third-order valence-electron chi connectivity index (χ3n) is 4.28. The fraction of sp³-hybridized carbons (Fsp3) is 0.350. The third kappa shape index (κ3) is 4.49. The summed E-state index contributed by atoms with van der Waals surface area (Å²) in [7, 11) is 0. The van der Waals surface area contributed by atoms with Gasteiger partial charge in [-0.15, -0.1) is 0 Å². The summed E-state index contributed by atoms with van der Waals surface area (Å²) in [5.74, 6) is 0.402. The molecule has 6 heteroatoms. The van der Waals surface area contributed by atoms with Crippen LogP contribution in [-0.4, -0.2) is 24.0 Å². The van der Waals surface area contributed by atoms with Crippen molar-refractivity contribution in [1.29, 1.82) is 0 Å². The molecule has 0 radical (unpaired) electrons. The second kappa shape index (κ2) is 7.58. The number of carbonyl (C=O) groups is 2. The highest BCUT2D eigenvalue weighted by atomic mass is 79.9. The fourth-order valence-electron chi connectivity index (χ4n) is 3.22. The maximum atomic E-state index is 12.0. The third-order valence-corrected chi connectivity index (χ3v) is 5.10. The monoisotopic (exact) mass is 416 g/mol. The lowest BCUT2D eigenvalue weighted by Crippen LogP contribution is -2.32. The average Bonchev–Trinajstić information content (AvgIpc) is 2.58. The summed E-state index contributed by atoms with van der Waals surface area (Å²) >= 11 is 3.53. The second-order valence-electron chi connectivity index (χ2n) is 7.33. The normalized spacial score (nSPS) is 18.1. The van der Waals surface area contributed by atoms with Crippen LogP contribution < -0.4 is 10.2 Å². The lowest BCUT2D eigenvalue weighted by molar-refractivity contribution is -0.123. The van der Waals surface area contributed by atoms with Crippen molar-refractivity contribution < 1.29 is 14.3 Å². The number of nitrogens with zero attached hydrogens (tertiary/aromatic N) is 1. The van der Waals surface area contributed by atoms with E-state index in [1.165, 1.54) is 0 Å². The Kier molecular flexibility index (Phi) is 5.41. The van der Waals surface area contributed by atoms with Crippen LogP contribution >= 0.6 is 15.9 Å². The van der Waals surface area contributed by atoms with Crippen molar-refractivity contribution >= 4 is 44.1 Å². The van der Waals surface area contributed by atoms with Gasteiger partial charge in [-0.1, -0.05) is 44.2 Å². The summed E-state index contributed by atoms with van der Waals surface area (Å²) in [5.41, 5.74) is 3.10. The number of ether oxygens (including phenoxy) is 1. The lowest BCUT2D eigenvalue weighted by atomic mass is 9.76. The Hall–Kier alpha value is -2.21. The zero-order valence-corrected chi connectivity index (χ0v) is 16.4. The molecule has 1 saturated carbocycles. The summed E-state index contributed by atoms with van der Waals surface area (Å²) in [4.78, 5) is 23.8. The Morgan fingerprint density at radius 2 is 2.00 bits per heavy atom. The Morgan fingerprint density at radius 3 is 2.77 bits per heavy atom. The number of ketones is 1. The van der Waals surface area contributed by atoms with Gasteiger partial charge in [0.2, 0.25) is 0 Å². The molecule has 26 heavy (non-hydrogen) atoms. The highest BCUT2D eigenvalue weighted by Crippen LogP contribution is 2.33. The van der Waals surface area contributed by atoms with Crippen molar-refractivity contribution in [3.63, 3.8) is 0 Å². The molecular weight excluding hydrogens is 396 g/mol. The molecule has 1 N–H and O–H groups in total. The van der Waals surface area contributed by atoms with Gasteiger partial charge in [0.1, 0.15) is 11.5 Å². The van der Waals surface area contributed by atoms with Gasteiger partial charge < -0.3 is 4.74 Å². The van der Waals surface area contributed by atoms with Crippen LogP contribution in [0, 0.1) is 5.41 Å². The van der Waals surface area contributed by atoms with E-state index in [1.54, 1.807) is 0 Å². The van der Waals surface area contributed by atoms with Crippen LogP contribution in [0.5, 0.6) is 5.75 Å². The van der Waals surface area contributed by atoms with Gasteiger partial charge in [-0.05, 0) is 44.6 Å². The minimum atomic E-state index is -0.353. The number of fused-ring (bicyclic) bond motifs is 1. The number of hydrazone groups is 1. The highest BCUT2D eigenvalue weighted by molar-refractivity contribution is 9.10. The van der Waals surface area contributed by atoms with Crippen molar-refractivity contribution in [2.75, 3.05) is 6.61 Å². The Morgan fingerprint density at radius 1 is 1.23 bits per heavy atom. The number of amides is 1. The molecule has 136 valence electrons. The molecule has 1 amide bonds. The molecule has 2 aromatic carbocycles. The van der Waals surface area contributed by atoms with Gasteiger partial charge in [0, 0.05) is 18.6 Å². The molecule has 0 spiro atoms. The molecule has 2 aromatic rings. The van der Waals surface area contributed by atoms with E-state index in [9.17, 15) is 9.59 Å². The fourth-order valence-corrected chi connectivity index (χ4v) is 3.83. The lowest BCUT2D eigenvalue weighted by Gasteiger charge is -2.28. The molecule has 3 rings (SSSR count). The minimum Gasteiger partial charge on any atom is -0.483 e. The van der Waals surface area contributed by atoms with Crippen LogP contribution in [0.15, 0.2) is 46.0 Å². The topological polar surface area (TPSA) is 67.8 Å². The zero-order chi connectivity index (χ0) is 18.7. The number of rotatable bonds is 4. The molecule has 0 aliphatic heterocycles. The average molecular weight is 417 g/mol. The first kappa shape index (κ1) is 18.6. The molecule has 0 heterocycles. The van der Waals surface area contributed by atoms with Gasteiger partial charge in [0.05, 0.1) is 4.47 Å². The number of nitrogens with one attached hydrogen (secondary N) is 1. The summed E-state index contributed by atoms with van der Waals surface area (Å²) in [6, 6.07) is 11.7. The van der Waals surface area contributed by atoms with Crippen molar-refractivity contribution in [2.45, 2.75) is 33.1 Å². The summed E-state index contributed by atoms with van der Waals surface area (Å²) in [5, 5.41) is 6.23. The number of hydrogen-bond donors (Lipinski definition) is 1. The van der Waals surface area contributed by atoms with E-state index >= 15 is 0 Å². The van der Waals surface area contributed by atoms with Gasteiger partial charge in [-0.25, -0.2) is 5.43 Å². The van der Waals surface area contributed by atoms with Crippen molar-refractivity contribution in [1.82, 2.24) is 5.43 Å². The molecule has 1 aliphatic carbocycles. The number of benzene rings is 2. The smallest absolute Gasteiger partial charge is 0.277 e. The van der Waals surface area contributed by atoms with Crippen molar-refractivity contribution in [3.05, 3.63) is 40.9 Å². The van der Waals surface area contributed by atoms with E-state index in [0.717, 1.165) is 15.2 Å². The maximum Gasteiger partial charge on any atom is 0.277 e. The SMILES string of the molecule is CC1(C)CC(=O)C/C(=N\NC(=O)COc2ccc3ccccc3c2Br)C1. The van der Waals surface area contributed by atoms with Gasteiger partial charge >= 0.3 is 0 Å². The molecule has 0 unspecified atom stereocenters. The largest absolute Gasteiger partial charge is 0.483 e. The van der Waals surface area contributed by atoms with Crippen LogP contribution in [0.1, 0.15) is 33.1 Å². The van der Waals surface area contributed by atoms with Gasteiger partial charge in [-0.3, -0.25) is 9.59 Å². The highest BCUT2D eigenvalue weighted by Gasteiger charge is 2.30. The summed E-state index contributed by atoms with van der Waals surface area (Å²) < 4.78 is 6.43. The first-order valence-electron chi connectivity index (χ1n) is 8.50. The molecule has 0 bridgehead atoms. The Balaban J connectivity index is 1.60. The molecule has 1 aliphatic rings. The first-order valence-corrected chi connectivity index (χ1v) is 9.29. The van der Waals surface area contributed by atoms with Crippen LogP contribution in [0.3, 0.4) is 0 Å². The van der Waals surface area contributed by atoms with E-state index in [0.29, 0.717) is 30.7 Å². The van der Waals surface area contributed by atoms with Crippen molar-refractivity contribution in [2.24, 2.45) is 10.5 Å². The maximum absolute atomic E-state index is 12.0. The van der Waals surface area contributed by atoms with E-state index in [1.807, 2.05) is 50.2 Å². The first-order chi connectivity index (χ1) is 12.3. The van der Waals surface area contributed by atoms with E-state index in [4.69, 9.17) is 4.74 Å². The number of Topliss-reactive ketones (excluding diaryl/α,β-unsaturated/α-hetero) is 1. The number of hydrogen-bond acceptors (Lipinski definition) is 4. The molecule has 0 atom stereocenters. The van der Waals surface area contributed by atoms with Gasteiger partial charge in [0.25, 0.3) is 5.91 Å². The predicted octanol–water partition coefficient (Wildman–Crippen LogP) is 4.23. The van der Waals surface area contributed by atoms with Crippen molar-refractivity contribution in [3.8, 4) is 5.75 Å². The van der Waals surface area contributed by atoms with E-state index in [2.05, 4.69) is 26.5 Å². The number of halogens is 1. The molecule has 0 aromatic heterocycles. The van der Waals surface area contributed by atoms with Crippen LogP contribution in [0.4, 0.5) is 0 Å².